The van der Waals surface area contributed by atoms with Gasteiger partial charge in [-0.25, -0.2) is 0 Å². The zero-order valence-electron chi connectivity index (χ0n) is 13.0. The Hall–Kier alpha value is -1.36. The lowest BCUT2D eigenvalue weighted by molar-refractivity contribution is 0.106. The Balaban J connectivity index is 1.75. The number of likely N-dealkylation sites (tertiary alicyclic amines) is 1. The summed E-state index contributed by atoms with van der Waals surface area (Å²) in [7, 11) is 0. The number of aliphatic hydroxyl groups is 1. The molecular weight excluding hydrogens is 298 g/mol. The maximum atomic E-state index is 10.5. The molecule has 4 nitrogen and oxygen atoms in total. The van der Waals surface area contributed by atoms with E-state index in [2.05, 4.69) is 22.0 Å². The lowest BCUT2D eigenvalue weighted by atomic mass is 10.0. The number of benzene rings is 1. The van der Waals surface area contributed by atoms with Crippen LogP contribution in [0.3, 0.4) is 0 Å². The normalized spacial score (nSPS) is 20.5. The molecule has 118 valence electrons. The molecule has 1 aliphatic heterocycles. The van der Waals surface area contributed by atoms with Crippen LogP contribution in [-0.4, -0.2) is 33.3 Å². The van der Waals surface area contributed by atoms with Gasteiger partial charge in [-0.05, 0) is 50.9 Å². The molecule has 0 saturated carbocycles. The molecule has 2 heterocycles. The second kappa shape index (κ2) is 6.41. The third kappa shape index (κ3) is 3.05. The predicted molar refractivity (Wildman–Crippen MR) is 88.0 cm³/mol. The number of aliphatic hydroxyl groups excluding tert-OH is 1. The highest BCUT2D eigenvalue weighted by Gasteiger charge is 2.31. The number of halogens is 1. The first-order chi connectivity index (χ1) is 10.6. The summed E-state index contributed by atoms with van der Waals surface area (Å²) in [5.74, 6) is 0. The van der Waals surface area contributed by atoms with Gasteiger partial charge in [-0.3, -0.25) is 10.00 Å². The molecule has 2 unspecified atom stereocenters. The van der Waals surface area contributed by atoms with Gasteiger partial charge in [-0.15, -0.1) is 0 Å². The van der Waals surface area contributed by atoms with Crippen molar-refractivity contribution in [3.8, 4) is 0 Å². The van der Waals surface area contributed by atoms with Crippen LogP contribution in [0.4, 0.5) is 0 Å². The first-order valence-electron chi connectivity index (χ1n) is 7.75. The number of H-pyrrole nitrogens is 1. The molecule has 2 aromatic rings. The molecule has 1 aliphatic rings. The van der Waals surface area contributed by atoms with Crippen LogP contribution in [0, 0.1) is 13.8 Å². The van der Waals surface area contributed by atoms with Gasteiger partial charge in [0.2, 0.25) is 0 Å². The Labute approximate surface area is 136 Å². The molecule has 1 aromatic carbocycles. The monoisotopic (exact) mass is 319 g/mol. The summed E-state index contributed by atoms with van der Waals surface area (Å²) in [5.41, 5.74) is 4.40. The molecule has 2 N–H and O–H groups in total. The number of aromatic amines is 1. The van der Waals surface area contributed by atoms with Gasteiger partial charge in [-0.2, -0.15) is 5.10 Å². The van der Waals surface area contributed by atoms with Gasteiger partial charge < -0.3 is 5.11 Å². The number of hydrogen-bond donors (Lipinski definition) is 2. The van der Waals surface area contributed by atoms with Gasteiger partial charge in [-0.1, -0.05) is 23.7 Å². The highest BCUT2D eigenvalue weighted by molar-refractivity contribution is 6.30. The van der Waals surface area contributed by atoms with Crippen LogP contribution in [-0.2, 0) is 0 Å². The van der Waals surface area contributed by atoms with E-state index in [4.69, 9.17) is 11.6 Å². The van der Waals surface area contributed by atoms with Gasteiger partial charge >= 0.3 is 0 Å². The van der Waals surface area contributed by atoms with Crippen LogP contribution in [0.5, 0.6) is 0 Å². The minimum atomic E-state index is -0.495. The smallest absolute Gasteiger partial charge is 0.0917 e. The molecule has 1 aromatic heterocycles. The summed E-state index contributed by atoms with van der Waals surface area (Å²) in [4.78, 5) is 2.37. The maximum Gasteiger partial charge on any atom is 0.0917 e. The Bertz CT molecular complexity index is 618. The molecular formula is C17H22ClN3O. The van der Waals surface area contributed by atoms with E-state index in [9.17, 15) is 5.11 Å². The molecule has 0 bridgehead atoms. The van der Waals surface area contributed by atoms with Crippen molar-refractivity contribution < 1.29 is 5.11 Å². The van der Waals surface area contributed by atoms with Gasteiger partial charge in [0.15, 0.2) is 0 Å². The van der Waals surface area contributed by atoms with Crippen molar-refractivity contribution in [1.29, 1.82) is 0 Å². The molecule has 0 amide bonds. The highest BCUT2D eigenvalue weighted by Crippen LogP contribution is 2.36. The summed E-state index contributed by atoms with van der Waals surface area (Å²) in [5, 5.41) is 18.6. The molecule has 1 fully saturated rings. The average Bonchev–Trinajstić information content (AvgIpc) is 3.06. The molecule has 0 spiro atoms. The van der Waals surface area contributed by atoms with Crippen LogP contribution < -0.4 is 0 Å². The Morgan fingerprint density at radius 1 is 1.36 bits per heavy atom. The number of hydrogen-bond acceptors (Lipinski definition) is 3. The quantitative estimate of drug-likeness (QED) is 0.906. The molecule has 1 saturated heterocycles. The summed E-state index contributed by atoms with van der Waals surface area (Å²) in [6, 6.07) is 7.79. The van der Waals surface area contributed by atoms with Crippen molar-refractivity contribution in [3.05, 3.63) is 51.8 Å². The largest absolute Gasteiger partial charge is 0.387 e. The van der Waals surface area contributed by atoms with Crippen LogP contribution in [0.15, 0.2) is 24.3 Å². The predicted octanol–water partition coefficient (Wildman–Crippen LogP) is 3.55. The first-order valence-corrected chi connectivity index (χ1v) is 8.13. The van der Waals surface area contributed by atoms with E-state index >= 15 is 0 Å². The van der Waals surface area contributed by atoms with Gasteiger partial charge in [0.1, 0.15) is 0 Å². The van der Waals surface area contributed by atoms with Gasteiger partial charge in [0.05, 0.1) is 11.8 Å². The van der Waals surface area contributed by atoms with E-state index in [1.165, 1.54) is 5.56 Å². The zero-order valence-corrected chi connectivity index (χ0v) is 13.8. The lowest BCUT2D eigenvalue weighted by Crippen LogP contribution is -2.29. The summed E-state index contributed by atoms with van der Waals surface area (Å²) < 4.78 is 0. The minimum absolute atomic E-state index is 0.348. The van der Waals surface area contributed by atoms with Crippen molar-refractivity contribution in [2.75, 3.05) is 13.1 Å². The van der Waals surface area contributed by atoms with E-state index in [-0.39, 0.29) is 0 Å². The number of aryl methyl sites for hydroxylation is 2. The highest BCUT2D eigenvalue weighted by atomic mass is 35.5. The Kier molecular flexibility index (Phi) is 4.52. The van der Waals surface area contributed by atoms with Crippen LogP contribution in [0.25, 0.3) is 0 Å². The van der Waals surface area contributed by atoms with Crippen molar-refractivity contribution in [2.45, 2.75) is 38.8 Å². The topological polar surface area (TPSA) is 52.2 Å². The lowest BCUT2D eigenvalue weighted by Gasteiger charge is -2.27. The fourth-order valence-electron chi connectivity index (χ4n) is 3.43. The fourth-order valence-corrected chi connectivity index (χ4v) is 3.56. The molecule has 0 aliphatic carbocycles. The standard InChI is InChI=1S/C17H22ClN3O/c1-11-17(12(2)20-19-11)15-4-3-9-21(15)10-16(22)13-5-7-14(18)8-6-13/h5-8,15-16,22H,3-4,9-10H2,1-2H3,(H,19,20). The van der Waals surface area contributed by atoms with Gasteiger partial charge in [0, 0.05) is 28.9 Å². The van der Waals surface area contributed by atoms with E-state index in [1.807, 2.05) is 31.2 Å². The summed E-state index contributed by atoms with van der Waals surface area (Å²) >= 11 is 5.91. The molecule has 3 rings (SSSR count). The summed E-state index contributed by atoms with van der Waals surface area (Å²) in [6.07, 6.45) is 1.78. The first kappa shape index (κ1) is 15.5. The molecule has 22 heavy (non-hydrogen) atoms. The van der Waals surface area contributed by atoms with Crippen LogP contribution in [0.1, 0.15) is 47.5 Å². The van der Waals surface area contributed by atoms with Crippen LogP contribution in [0.2, 0.25) is 5.02 Å². The second-order valence-electron chi connectivity index (χ2n) is 6.07. The van der Waals surface area contributed by atoms with Crippen molar-refractivity contribution in [1.82, 2.24) is 15.1 Å². The second-order valence-corrected chi connectivity index (χ2v) is 6.50. The fraction of sp³-hybridized carbons (Fsp3) is 0.471. The number of rotatable bonds is 4. The molecule has 2 atom stereocenters. The van der Waals surface area contributed by atoms with Crippen molar-refractivity contribution in [3.63, 3.8) is 0 Å². The SMILES string of the molecule is Cc1n[nH]c(C)c1C1CCCN1CC(O)c1ccc(Cl)cc1. The third-order valence-corrected chi connectivity index (χ3v) is 4.80. The number of nitrogens with one attached hydrogen (secondary N) is 1. The van der Waals surface area contributed by atoms with Crippen LogP contribution >= 0.6 is 11.6 Å². The minimum Gasteiger partial charge on any atom is -0.387 e. The number of nitrogens with zero attached hydrogens (tertiary/aromatic N) is 2. The summed E-state index contributed by atoms with van der Waals surface area (Å²) in [6.45, 7) is 5.77. The average molecular weight is 320 g/mol. The number of β-amino-alcohol motifs (C(OH)–C–C–N with tert-alkyl or cyclic N) is 1. The van der Waals surface area contributed by atoms with Gasteiger partial charge in [0.25, 0.3) is 0 Å². The molecule has 5 heteroatoms. The van der Waals surface area contributed by atoms with E-state index in [1.54, 1.807) is 0 Å². The van der Waals surface area contributed by atoms with E-state index in [0.717, 1.165) is 36.3 Å². The Morgan fingerprint density at radius 3 is 2.73 bits per heavy atom. The Morgan fingerprint density at radius 2 is 2.09 bits per heavy atom. The molecule has 0 radical (unpaired) electrons. The zero-order chi connectivity index (χ0) is 15.7. The number of aromatic nitrogens is 2. The van der Waals surface area contributed by atoms with Crippen molar-refractivity contribution in [2.24, 2.45) is 0 Å². The van der Waals surface area contributed by atoms with E-state index in [0.29, 0.717) is 17.6 Å². The maximum absolute atomic E-state index is 10.5. The third-order valence-electron chi connectivity index (χ3n) is 4.54. The van der Waals surface area contributed by atoms with Crippen molar-refractivity contribution >= 4 is 11.6 Å². The van der Waals surface area contributed by atoms with E-state index < -0.39 is 6.10 Å².